The number of hydrogen-bond donors (Lipinski definition) is 4. The number of anilines is 1. The second-order valence-electron chi connectivity index (χ2n) is 9.73. The van der Waals surface area contributed by atoms with Gasteiger partial charge in [-0.25, -0.2) is 14.4 Å². The Kier molecular flexibility index (Phi) is 5.37. The largest absolute Gasteiger partial charge is 0.489 e. The number of H-pyrrole nitrogens is 1. The van der Waals surface area contributed by atoms with E-state index in [2.05, 4.69) is 20.3 Å². The lowest BCUT2D eigenvalue weighted by Gasteiger charge is -2.34. The van der Waals surface area contributed by atoms with Crippen molar-refractivity contribution in [2.45, 2.75) is 69.9 Å². The molecule has 1 aromatic carbocycles. The number of aromatic amines is 1. The van der Waals surface area contributed by atoms with Gasteiger partial charge in [0.15, 0.2) is 5.67 Å². The molecule has 1 aliphatic carbocycles. The third-order valence-electron chi connectivity index (χ3n) is 7.02. The number of aryl methyl sites for hydroxylation is 1. The molecule has 0 radical (unpaired) electrons. The highest BCUT2D eigenvalue weighted by Crippen LogP contribution is 2.44. The van der Waals surface area contributed by atoms with Gasteiger partial charge in [-0.2, -0.15) is 0 Å². The van der Waals surface area contributed by atoms with E-state index in [1.807, 2.05) is 19.1 Å². The summed E-state index contributed by atoms with van der Waals surface area (Å²) in [6, 6.07) is 6.79. The second-order valence-corrected chi connectivity index (χ2v) is 9.73. The molecule has 34 heavy (non-hydrogen) atoms. The number of fused-ring (bicyclic) bond motifs is 2. The number of aliphatic hydroxyl groups is 2. The summed E-state index contributed by atoms with van der Waals surface area (Å²) < 4.78 is 20.5. The summed E-state index contributed by atoms with van der Waals surface area (Å²) in [5.41, 5.74) is -1.34. The molecule has 1 aliphatic heterocycles. The number of nitrogens with zero attached hydrogens (tertiary/aromatic N) is 2. The molecular weight excluding hydrogens is 439 g/mol. The first-order valence-corrected chi connectivity index (χ1v) is 11.6. The molecule has 1 saturated carbocycles. The summed E-state index contributed by atoms with van der Waals surface area (Å²) in [4.78, 5) is 24.6. The van der Waals surface area contributed by atoms with Crippen molar-refractivity contribution in [1.29, 1.82) is 0 Å². The van der Waals surface area contributed by atoms with E-state index < -0.39 is 22.9 Å². The normalized spacial score (nSPS) is 27.3. The van der Waals surface area contributed by atoms with Gasteiger partial charge in [-0.05, 0) is 52.5 Å². The number of aromatic nitrogens is 3. The summed E-state index contributed by atoms with van der Waals surface area (Å²) in [6.45, 7) is 5.14. The lowest BCUT2D eigenvalue weighted by molar-refractivity contribution is -0.0369. The van der Waals surface area contributed by atoms with Crippen molar-refractivity contribution >= 4 is 16.9 Å². The molecule has 2 atom stereocenters. The maximum atomic E-state index is 14.8. The number of pyridine rings is 1. The van der Waals surface area contributed by atoms with E-state index in [-0.39, 0.29) is 18.2 Å². The Morgan fingerprint density at radius 3 is 2.74 bits per heavy atom. The molecule has 2 aliphatic rings. The highest BCUT2D eigenvalue weighted by Gasteiger charge is 2.39. The van der Waals surface area contributed by atoms with Crippen molar-refractivity contribution in [1.82, 2.24) is 15.0 Å². The van der Waals surface area contributed by atoms with Crippen LogP contribution in [0.2, 0.25) is 0 Å². The Balaban J connectivity index is 1.55. The predicted octanol–water partition coefficient (Wildman–Crippen LogP) is 3.50. The first-order chi connectivity index (χ1) is 16.1. The number of halogens is 1. The van der Waals surface area contributed by atoms with Crippen LogP contribution in [0.4, 0.5) is 10.2 Å². The molecule has 3 heterocycles. The SMILES string of the molecule is Cc1nc(N[C@H](C)c2cccc3c2OCC3(C)F)c2cc([C@]3(O)CC[C@H](O)CC3)c(=O)[nH]c2n1. The molecule has 8 nitrogen and oxygen atoms in total. The van der Waals surface area contributed by atoms with Gasteiger partial charge in [0, 0.05) is 16.7 Å². The number of aliphatic hydroxyl groups excluding tert-OH is 1. The minimum Gasteiger partial charge on any atom is -0.489 e. The van der Waals surface area contributed by atoms with E-state index in [1.165, 1.54) is 6.92 Å². The monoisotopic (exact) mass is 468 g/mol. The van der Waals surface area contributed by atoms with Crippen LogP contribution in [0.1, 0.15) is 68.1 Å². The zero-order chi connectivity index (χ0) is 24.3. The van der Waals surface area contributed by atoms with Gasteiger partial charge in [0.25, 0.3) is 5.56 Å². The number of para-hydroxylation sites is 1. The standard InChI is InChI=1S/C25H29FN4O4/c1-13(16-5-4-6-18-20(16)34-12-24(18,3)26)27-21-17-11-19(25(33)9-7-15(31)8-10-25)23(32)30-22(17)29-14(2)28-21/h4-6,11,13,15,31,33H,7-10,12H2,1-3H3,(H2,27,28,29,30,32)/t13-,15-,24?,25-/m1/s1. The number of rotatable bonds is 4. The predicted molar refractivity (Wildman–Crippen MR) is 126 cm³/mol. The fraction of sp³-hybridized carbons (Fsp3) is 0.480. The maximum Gasteiger partial charge on any atom is 0.255 e. The van der Waals surface area contributed by atoms with Gasteiger partial charge in [-0.1, -0.05) is 18.2 Å². The molecule has 0 saturated heterocycles. The third-order valence-corrected chi connectivity index (χ3v) is 7.02. The first kappa shape index (κ1) is 22.7. The van der Waals surface area contributed by atoms with Crippen LogP contribution >= 0.6 is 0 Å². The highest BCUT2D eigenvalue weighted by atomic mass is 19.1. The highest BCUT2D eigenvalue weighted by molar-refractivity contribution is 5.87. The van der Waals surface area contributed by atoms with Crippen molar-refractivity contribution in [3.8, 4) is 5.75 Å². The molecule has 4 N–H and O–H groups in total. The minimum atomic E-state index is -1.54. The minimum absolute atomic E-state index is 0.0283. The zero-order valence-electron chi connectivity index (χ0n) is 19.5. The molecule has 2 aromatic heterocycles. The molecule has 5 rings (SSSR count). The van der Waals surface area contributed by atoms with E-state index in [4.69, 9.17) is 4.74 Å². The van der Waals surface area contributed by atoms with Crippen LogP contribution in [-0.4, -0.2) is 37.9 Å². The summed E-state index contributed by atoms with van der Waals surface area (Å²) in [7, 11) is 0. The fourth-order valence-corrected chi connectivity index (χ4v) is 5.04. The van der Waals surface area contributed by atoms with E-state index in [1.54, 1.807) is 19.1 Å². The number of nitrogens with one attached hydrogen (secondary N) is 2. The number of ether oxygens (including phenoxy) is 1. The van der Waals surface area contributed by atoms with Gasteiger partial charge in [0.05, 0.1) is 23.1 Å². The summed E-state index contributed by atoms with van der Waals surface area (Å²) in [5.74, 6) is 1.49. The van der Waals surface area contributed by atoms with Crippen molar-refractivity contribution < 1.29 is 19.3 Å². The Bertz CT molecular complexity index is 1310. The summed E-state index contributed by atoms with van der Waals surface area (Å²) in [6.07, 6.45) is 0.971. The first-order valence-electron chi connectivity index (χ1n) is 11.6. The van der Waals surface area contributed by atoms with Crippen molar-refractivity contribution in [3.63, 3.8) is 0 Å². The van der Waals surface area contributed by atoms with Gasteiger partial charge in [-0.15, -0.1) is 0 Å². The number of hydrogen-bond acceptors (Lipinski definition) is 7. The van der Waals surface area contributed by atoms with Crippen LogP contribution in [0, 0.1) is 6.92 Å². The second kappa shape index (κ2) is 8.02. The summed E-state index contributed by atoms with van der Waals surface area (Å²) >= 11 is 0. The zero-order valence-corrected chi connectivity index (χ0v) is 19.5. The lowest BCUT2D eigenvalue weighted by atomic mass is 9.79. The van der Waals surface area contributed by atoms with Crippen LogP contribution in [0.5, 0.6) is 5.75 Å². The topological polar surface area (TPSA) is 120 Å². The van der Waals surface area contributed by atoms with Crippen molar-refractivity contribution in [3.05, 3.63) is 57.1 Å². The molecule has 180 valence electrons. The van der Waals surface area contributed by atoms with Gasteiger partial charge in [0.1, 0.15) is 29.6 Å². The quantitative estimate of drug-likeness (QED) is 0.463. The van der Waals surface area contributed by atoms with E-state index in [0.717, 1.165) is 5.56 Å². The van der Waals surface area contributed by atoms with Crippen LogP contribution < -0.4 is 15.6 Å². The number of benzene rings is 1. The van der Waals surface area contributed by atoms with Crippen LogP contribution in [0.25, 0.3) is 11.0 Å². The Morgan fingerprint density at radius 1 is 1.26 bits per heavy atom. The third kappa shape index (κ3) is 3.82. The maximum absolute atomic E-state index is 14.8. The van der Waals surface area contributed by atoms with Gasteiger partial charge >= 0.3 is 0 Å². The van der Waals surface area contributed by atoms with Crippen LogP contribution in [0.3, 0.4) is 0 Å². The Labute approximate surface area is 196 Å². The van der Waals surface area contributed by atoms with Crippen molar-refractivity contribution in [2.75, 3.05) is 11.9 Å². The molecular formula is C25H29FN4O4. The van der Waals surface area contributed by atoms with Gasteiger partial charge in [-0.3, -0.25) is 4.79 Å². The van der Waals surface area contributed by atoms with Gasteiger partial charge < -0.3 is 25.3 Å². The lowest BCUT2D eigenvalue weighted by Crippen LogP contribution is -2.38. The van der Waals surface area contributed by atoms with E-state index >= 15 is 0 Å². The Morgan fingerprint density at radius 2 is 2.00 bits per heavy atom. The molecule has 9 heteroatoms. The molecule has 3 aromatic rings. The average molecular weight is 469 g/mol. The van der Waals surface area contributed by atoms with Crippen LogP contribution in [-0.2, 0) is 11.3 Å². The molecule has 1 unspecified atom stereocenters. The van der Waals surface area contributed by atoms with Crippen LogP contribution in [0.15, 0.2) is 29.1 Å². The Hall–Kier alpha value is -3.04. The number of alkyl halides is 1. The van der Waals surface area contributed by atoms with Crippen molar-refractivity contribution in [2.24, 2.45) is 0 Å². The van der Waals surface area contributed by atoms with Gasteiger partial charge in [0.2, 0.25) is 0 Å². The van der Waals surface area contributed by atoms with E-state index in [0.29, 0.717) is 59.7 Å². The average Bonchev–Trinajstić information content (AvgIpc) is 3.10. The van der Waals surface area contributed by atoms with E-state index in [9.17, 15) is 19.4 Å². The summed E-state index contributed by atoms with van der Waals surface area (Å²) in [5, 5.41) is 25.0. The molecule has 0 bridgehead atoms. The molecule has 1 fully saturated rings. The fourth-order valence-electron chi connectivity index (χ4n) is 5.04. The molecule has 0 amide bonds. The molecule has 0 spiro atoms. The smallest absolute Gasteiger partial charge is 0.255 e.